The molecule has 1 N–H and O–H groups in total. The highest BCUT2D eigenvalue weighted by Gasteiger charge is 2.27. The molecule has 1 saturated heterocycles. The van der Waals surface area contributed by atoms with Crippen molar-refractivity contribution in [3.63, 3.8) is 0 Å². The lowest BCUT2D eigenvalue weighted by Gasteiger charge is -2.35. The topological polar surface area (TPSA) is 50.8 Å². The van der Waals surface area contributed by atoms with Crippen LogP contribution < -0.4 is 14.8 Å². The number of hydrogen-bond acceptors (Lipinski definition) is 3. The number of rotatable bonds is 3. The molecule has 0 spiro atoms. The normalized spacial score (nSPS) is 20.5. The Labute approximate surface area is 137 Å². The SMILES string of the molecule is CC1CCCCN1C(=O)NCC(C)(C)c1ccc2c(c1)OCO2. The van der Waals surface area contributed by atoms with Gasteiger partial charge in [-0.15, -0.1) is 0 Å². The molecule has 0 saturated carbocycles. The van der Waals surface area contributed by atoms with Gasteiger partial charge in [0.25, 0.3) is 0 Å². The number of carbonyl (C=O) groups excluding carboxylic acids is 1. The summed E-state index contributed by atoms with van der Waals surface area (Å²) >= 11 is 0. The molecule has 2 heterocycles. The molecule has 5 heteroatoms. The van der Waals surface area contributed by atoms with E-state index < -0.39 is 0 Å². The molecule has 0 radical (unpaired) electrons. The second-order valence-corrected chi connectivity index (χ2v) is 7.15. The molecule has 126 valence electrons. The molecule has 1 aromatic rings. The highest BCUT2D eigenvalue weighted by atomic mass is 16.7. The average Bonchev–Trinajstić information content (AvgIpc) is 3.00. The molecule has 0 aliphatic carbocycles. The first kappa shape index (κ1) is 16.0. The van der Waals surface area contributed by atoms with Crippen LogP contribution >= 0.6 is 0 Å². The first-order valence-corrected chi connectivity index (χ1v) is 8.42. The molecule has 2 aliphatic heterocycles. The van der Waals surface area contributed by atoms with Crippen LogP contribution in [0.1, 0.15) is 45.6 Å². The quantitative estimate of drug-likeness (QED) is 0.930. The molecule has 0 aromatic heterocycles. The molecule has 1 fully saturated rings. The minimum Gasteiger partial charge on any atom is -0.454 e. The number of nitrogens with zero attached hydrogens (tertiary/aromatic N) is 1. The number of amides is 2. The Bertz CT molecular complexity index is 586. The fraction of sp³-hybridized carbons (Fsp3) is 0.611. The molecule has 23 heavy (non-hydrogen) atoms. The lowest BCUT2D eigenvalue weighted by atomic mass is 9.84. The van der Waals surface area contributed by atoms with Crippen molar-refractivity contribution in [2.75, 3.05) is 19.9 Å². The van der Waals surface area contributed by atoms with E-state index in [2.05, 4.69) is 26.1 Å². The summed E-state index contributed by atoms with van der Waals surface area (Å²) in [5.41, 5.74) is 0.962. The van der Waals surface area contributed by atoms with Crippen LogP contribution in [0.25, 0.3) is 0 Å². The lowest BCUT2D eigenvalue weighted by molar-refractivity contribution is 0.156. The molecule has 3 rings (SSSR count). The Morgan fingerprint density at radius 2 is 2.09 bits per heavy atom. The molecule has 1 atom stereocenters. The first-order valence-electron chi connectivity index (χ1n) is 8.42. The van der Waals surface area contributed by atoms with E-state index in [4.69, 9.17) is 9.47 Å². The summed E-state index contributed by atoms with van der Waals surface area (Å²) in [6, 6.07) is 6.37. The van der Waals surface area contributed by atoms with E-state index in [0.29, 0.717) is 12.6 Å². The monoisotopic (exact) mass is 318 g/mol. The van der Waals surface area contributed by atoms with Crippen molar-refractivity contribution in [2.45, 2.75) is 51.5 Å². The number of likely N-dealkylation sites (tertiary alicyclic amines) is 1. The maximum Gasteiger partial charge on any atom is 0.317 e. The Morgan fingerprint density at radius 1 is 1.30 bits per heavy atom. The van der Waals surface area contributed by atoms with Crippen LogP contribution in [0.5, 0.6) is 11.5 Å². The fourth-order valence-electron chi connectivity index (χ4n) is 3.22. The predicted molar refractivity (Wildman–Crippen MR) is 89.0 cm³/mol. The summed E-state index contributed by atoms with van der Waals surface area (Å²) in [6.07, 6.45) is 3.41. The standard InChI is InChI=1S/C18H26N2O3/c1-13-6-4-5-9-20(13)17(21)19-11-18(2,3)14-7-8-15-16(10-14)23-12-22-15/h7-8,10,13H,4-6,9,11-12H2,1-3H3,(H,19,21). The third-order valence-corrected chi connectivity index (χ3v) is 4.90. The van der Waals surface area contributed by atoms with Gasteiger partial charge in [0, 0.05) is 24.5 Å². The van der Waals surface area contributed by atoms with Gasteiger partial charge < -0.3 is 19.7 Å². The van der Waals surface area contributed by atoms with Gasteiger partial charge in [-0.3, -0.25) is 0 Å². The molecular formula is C18H26N2O3. The highest BCUT2D eigenvalue weighted by molar-refractivity contribution is 5.74. The van der Waals surface area contributed by atoms with Crippen LogP contribution in [0, 0.1) is 0 Å². The number of benzene rings is 1. The molecule has 2 amide bonds. The van der Waals surface area contributed by atoms with Crippen molar-refractivity contribution in [3.8, 4) is 11.5 Å². The van der Waals surface area contributed by atoms with Gasteiger partial charge in [-0.25, -0.2) is 4.79 Å². The summed E-state index contributed by atoms with van der Waals surface area (Å²) < 4.78 is 10.8. The molecule has 1 unspecified atom stereocenters. The number of urea groups is 1. The van der Waals surface area contributed by atoms with E-state index in [-0.39, 0.29) is 18.2 Å². The van der Waals surface area contributed by atoms with Crippen LogP contribution in [-0.4, -0.2) is 36.9 Å². The molecular weight excluding hydrogens is 292 g/mol. The lowest BCUT2D eigenvalue weighted by Crippen LogP contribution is -2.49. The third kappa shape index (κ3) is 3.38. The van der Waals surface area contributed by atoms with Crippen LogP contribution in [0.2, 0.25) is 0 Å². The number of nitrogens with one attached hydrogen (secondary N) is 1. The second-order valence-electron chi connectivity index (χ2n) is 7.15. The van der Waals surface area contributed by atoms with Gasteiger partial charge in [0.15, 0.2) is 11.5 Å². The Kier molecular flexibility index (Phi) is 4.37. The van der Waals surface area contributed by atoms with Crippen LogP contribution in [-0.2, 0) is 5.41 Å². The summed E-state index contributed by atoms with van der Waals surface area (Å²) in [5.74, 6) is 1.57. The van der Waals surface area contributed by atoms with E-state index in [0.717, 1.165) is 36.4 Å². The summed E-state index contributed by atoms with van der Waals surface area (Å²) in [6.45, 7) is 8.12. The van der Waals surface area contributed by atoms with Gasteiger partial charge in [0.1, 0.15) is 0 Å². The number of ether oxygens (including phenoxy) is 2. The summed E-state index contributed by atoms with van der Waals surface area (Å²) in [5, 5.41) is 3.10. The third-order valence-electron chi connectivity index (χ3n) is 4.90. The molecule has 1 aromatic carbocycles. The maximum absolute atomic E-state index is 12.4. The molecule has 2 aliphatic rings. The highest BCUT2D eigenvalue weighted by Crippen LogP contribution is 2.36. The van der Waals surface area contributed by atoms with Gasteiger partial charge in [-0.05, 0) is 43.9 Å². The van der Waals surface area contributed by atoms with Crippen molar-refractivity contribution in [3.05, 3.63) is 23.8 Å². The van der Waals surface area contributed by atoms with Crippen LogP contribution in [0.3, 0.4) is 0 Å². The van der Waals surface area contributed by atoms with Crippen molar-refractivity contribution in [1.29, 1.82) is 0 Å². The first-order chi connectivity index (χ1) is 11.0. The van der Waals surface area contributed by atoms with Crippen molar-refractivity contribution >= 4 is 6.03 Å². The van der Waals surface area contributed by atoms with Crippen LogP contribution in [0.4, 0.5) is 4.79 Å². The van der Waals surface area contributed by atoms with E-state index in [1.165, 1.54) is 6.42 Å². The zero-order valence-corrected chi connectivity index (χ0v) is 14.2. The predicted octanol–water partition coefficient (Wildman–Crippen LogP) is 3.28. The van der Waals surface area contributed by atoms with Gasteiger partial charge in [-0.1, -0.05) is 19.9 Å². The van der Waals surface area contributed by atoms with Gasteiger partial charge in [0.05, 0.1) is 0 Å². The van der Waals surface area contributed by atoms with Crippen LogP contribution in [0.15, 0.2) is 18.2 Å². The summed E-state index contributed by atoms with van der Waals surface area (Å²) in [7, 11) is 0. The second kappa shape index (κ2) is 6.30. The minimum absolute atomic E-state index is 0.0472. The number of fused-ring (bicyclic) bond motifs is 1. The van der Waals surface area contributed by atoms with Gasteiger partial charge >= 0.3 is 6.03 Å². The Morgan fingerprint density at radius 3 is 2.87 bits per heavy atom. The summed E-state index contributed by atoms with van der Waals surface area (Å²) in [4.78, 5) is 14.4. The Balaban J connectivity index is 1.63. The zero-order valence-electron chi connectivity index (χ0n) is 14.2. The van der Waals surface area contributed by atoms with Crippen molar-refractivity contribution in [2.24, 2.45) is 0 Å². The largest absolute Gasteiger partial charge is 0.454 e. The maximum atomic E-state index is 12.4. The molecule has 0 bridgehead atoms. The number of hydrogen-bond donors (Lipinski definition) is 1. The number of carbonyl (C=O) groups is 1. The Hall–Kier alpha value is -1.91. The minimum atomic E-state index is -0.171. The number of piperidine rings is 1. The smallest absolute Gasteiger partial charge is 0.317 e. The van der Waals surface area contributed by atoms with Crippen molar-refractivity contribution in [1.82, 2.24) is 10.2 Å². The molecule has 5 nitrogen and oxygen atoms in total. The van der Waals surface area contributed by atoms with E-state index in [9.17, 15) is 4.79 Å². The average molecular weight is 318 g/mol. The van der Waals surface area contributed by atoms with E-state index >= 15 is 0 Å². The van der Waals surface area contributed by atoms with E-state index in [1.54, 1.807) is 0 Å². The zero-order chi connectivity index (χ0) is 16.4. The van der Waals surface area contributed by atoms with Gasteiger partial charge in [-0.2, -0.15) is 0 Å². The fourth-order valence-corrected chi connectivity index (χ4v) is 3.22. The van der Waals surface area contributed by atoms with Crippen molar-refractivity contribution < 1.29 is 14.3 Å². The van der Waals surface area contributed by atoms with Gasteiger partial charge in [0.2, 0.25) is 6.79 Å². The van der Waals surface area contributed by atoms with E-state index in [1.807, 2.05) is 23.1 Å².